The fraction of sp³-hybridized carbons (Fsp3) is 0.200. The number of hydrogen-bond donors (Lipinski definition) is 0. The van der Waals surface area contributed by atoms with Gasteiger partial charge in [-0.25, -0.2) is 9.37 Å². The number of aryl methyl sites for hydroxylation is 1. The van der Waals surface area contributed by atoms with Crippen molar-refractivity contribution in [2.24, 2.45) is 0 Å². The van der Waals surface area contributed by atoms with E-state index in [1.165, 1.54) is 6.07 Å². The molecule has 0 aliphatic rings. The maximum absolute atomic E-state index is 14.0. The van der Waals surface area contributed by atoms with Gasteiger partial charge in [0.25, 0.3) is 0 Å². The summed E-state index contributed by atoms with van der Waals surface area (Å²) in [6.07, 6.45) is 5.56. The summed E-state index contributed by atoms with van der Waals surface area (Å²) in [5.41, 5.74) is 3.03. The molecule has 0 saturated heterocycles. The minimum Gasteiger partial charge on any atom is -0.334 e. The number of nitrogens with zero attached hydrogens (tertiary/aromatic N) is 3. The minimum atomic E-state index is -0.335. The van der Waals surface area contributed by atoms with Gasteiger partial charge in [-0.15, -0.1) is 6.58 Å². The van der Waals surface area contributed by atoms with Crippen LogP contribution in [0, 0.1) is 12.7 Å². The summed E-state index contributed by atoms with van der Waals surface area (Å²) in [5, 5.41) is 0. The maximum atomic E-state index is 14.0. The topological polar surface area (TPSA) is 37.6 Å². The molecule has 0 saturated carbocycles. The highest BCUT2D eigenvalue weighted by molar-refractivity contribution is 9.10. The van der Waals surface area contributed by atoms with Gasteiger partial charge >= 0.3 is 0 Å². The number of pyridine rings is 1. The quantitative estimate of drug-likeness (QED) is 0.562. The van der Waals surface area contributed by atoms with Crippen molar-refractivity contribution < 1.29 is 9.18 Å². The molecule has 0 aliphatic heterocycles. The van der Waals surface area contributed by atoms with E-state index >= 15 is 0 Å². The molecule has 0 unspecified atom stereocenters. The first-order chi connectivity index (χ1) is 12.5. The van der Waals surface area contributed by atoms with Crippen LogP contribution in [0.2, 0.25) is 0 Å². The van der Waals surface area contributed by atoms with E-state index in [9.17, 15) is 9.18 Å². The fourth-order valence-corrected chi connectivity index (χ4v) is 3.25. The number of carbonyl (C=O) groups excluding carboxylic acids is 1. The van der Waals surface area contributed by atoms with Crippen molar-refractivity contribution in [3.8, 4) is 0 Å². The summed E-state index contributed by atoms with van der Waals surface area (Å²) in [5.74, 6) is -0.455. The summed E-state index contributed by atoms with van der Waals surface area (Å²) < 4.78 is 16.7. The van der Waals surface area contributed by atoms with E-state index in [0.29, 0.717) is 17.8 Å². The molecular formula is C20H19BrFN3O. The van der Waals surface area contributed by atoms with Crippen LogP contribution in [0.4, 0.5) is 4.39 Å². The average Bonchev–Trinajstić information content (AvgIpc) is 3.01. The minimum absolute atomic E-state index is 0.120. The first-order valence-electron chi connectivity index (χ1n) is 8.23. The first kappa shape index (κ1) is 18.3. The fourth-order valence-electron chi connectivity index (χ4n) is 2.84. The molecule has 6 heteroatoms. The van der Waals surface area contributed by atoms with Crippen molar-refractivity contribution in [1.82, 2.24) is 14.3 Å². The van der Waals surface area contributed by atoms with E-state index in [1.807, 2.05) is 35.9 Å². The predicted molar refractivity (Wildman–Crippen MR) is 103 cm³/mol. The van der Waals surface area contributed by atoms with Crippen LogP contribution in [0.1, 0.15) is 16.8 Å². The van der Waals surface area contributed by atoms with Gasteiger partial charge in [-0.2, -0.15) is 0 Å². The largest absolute Gasteiger partial charge is 0.334 e. The van der Waals surface area contributed by atoms with E-state index in [4.69, 9.17) is 0 Å². The Morgan fingerprint density at radius 3 is 2.96 bits per heavy atom. The Balaban J connectivity index is 1.80. The lowest BCUT2D eigenvalue weighted by Crippen LogP contribution is -2.32. The molecule has 0 aliphatic carbocycles. The number of halogens is 2. The third-order valence-corrected chi connectivity index (χ3v) is 4.62. The zero-order chi connectivity index (χ0) is 18.7. The Morgan fingerprint density at radius 1 is 1.42 bits per heavy atom. The average molecular weight is 416 g/mol. The summed E-state index contributed by atoms with van der Waals surface area (Å²) in [4.78, 5) is 18.9. The zero-order valence-electron chi connectivity index (χ0n) is 14.5. The Hall–Kier alpha value is -2.47. The third kappa shape index (κ3) is 4.02. The molecule has 2 aromatic heterocycles. The van der Waals surface area contributed by atoms with Crippen molar-refractivity contribution in [3.63, 3.8) is 0 Å². The molecule has 3 aromatic rings. The molecule has 0 bridgehead atoms. The summed E-state index contributed by atoms with van der Waals surface area (Å²) >= 11 is 3.34. The molecule has 134 valence electrons. The van der Waals surface area contributed by atoms with Gasteiger partial charge in [0, 0.05) is 35.5 Å². The number of carbonyl (C=O) groups is 1. The van der Waals surface area contributed by atoms with Crippen molar-refractivity contribution in [3.05, 3.63) is 82.5 Å². The molecule has 1 aromatic carbocycles. The van der Waals surface area contributed by atoms with E-state index in [1.54, 1.807) is 23.1 Å². The van der Waals surface area contributed by atoms with Gasteiger partial charge in [0.1, 0.15) is 11.5 Å². The molecular weight excluding hydrogens is 397 g/mol. The number of fused-ring (bicyclic) bond motifs is 1. The Morgan fingerprint density at radius 2 is 2.23 bits per heavy atom. The zero-order valence-corrected chi connectivity index (χ0v) is 16.0. The van der Waals surface area contributed by atoms with E-state index in [-0.39, 0.29) is 24.7 Å². The number of imidazole rings is 1. The van der Waals surface area contributed by atoms with Crippen LogP contribution in [0.15, 0.2) is 59.9 Å². The van der Waals surface area contributed by atoms with E-state index < -0.39 is 0 Å². The SMILES string of the molecule is C=CCN(Cc1cc(Br)ccc1F)C(=O)Cc1cn2cccc(C)c2n1. The molecule has 2 heterocycles. The lowest BCUT2D eigenvalue weighted by Gasteiger charge is -2.21. The van der Waals surface area contributed by atoms with Gasteiger partial charge in [-0.3, -0.25) is 4.79 Å². The monoisotopic (exact) mass is 415 g/mol. The van der Waals surface area contributed by atoms with Crippen molar-refractivity contribution in [2.45, 2.75) is 19.9 Å². The van der Waals surface area contributed by atoms with Crippen LogP contribution >= 0.6 is 15.9 Å². The van der Waals surface area contributed by atoms with Crippen molar-refractivity contribution >= 4 is 27.5 Å². The molecule has 0 radical (unpaired) electrons. The van der Waals surface area contributed by atoms with Gasteiger partial charge in [0.2, 0.25) is 5.91 Å². The van der Waals surface area contributed by atoms with Crippen LogP contribution in [0.25, 0.3) is 5.65 Å². The highest BCUT2D eigenvalue weighted by atomic mass is 79.9. The van der Waals surface area contributed by atoms with Gasteiger partial charge in [0.15, 0.2) is 0 Å². The van der Waals surface area contributed by atoms with Crippen LogP contribution in [0.3, 0.4) is 0 Å². The molecule has 0 atom stereocenters. The number of benzene rings is 1. The number of rotatable bonds is 6. The molecule has 4 nitrogen and oxygen atoms in total. The Labute approximate surface area is 160 Å². The van der Waals surface area contributed by atoms with Gasteiger partial charge in [0.05, 0.1) is 12.1 Å². The van der Waals surface area contributed by atoms with Gasteiger partial charge < -0.3 is 9.30 Å². The third-order valence-electron chi connectivity index (χ3n) is 4.13. The van der Waals surface area contributed by atoms with Crippen molar-refractivity contribution in [1.29, 1.82) is 0 Å². The molecule has 0 fully saturated rings. The molecule has 26 heavy (non-hydrogen) atoms. The summed E-state index contributed by atoms with van der Waals surface area (Å²) in [6.45, 7) is 6.21. The Kier molecular flexibility index (Phi) is 5.52. The Bertz CT molecular complexity index is 967. The second-order valence-corrected chi connectivity index (χ2v) is 7.05. The van der Waals surface area contributed by atoms with Crippen LogP contribution in [-0.4, -0.2) is 26.7 Å². The maximum Gasteiger partial charge on any atom is 0.229 e. The van der Waals surface area contributed by atoms with Crippen LogP contribution < -0.4 is 0 Å². The number of aromatic nitrogens is 2. The second kappa shape index (κ2) is 7.83. The lowest BCUT2D eigenvalue weighted by molar-refractivity contribution is -0.130. The lowest BCUT2D eigenvalue weighted by atomic mass is 10.2. The predicted octanol–water partition coefficient (Wildman–Crippen LogP) is 4.30. The summed E-state index contributed by atoms with van der Waals surface area (Å²) in [7, 11) is 0. The standard InChI is InChI=1S/C20H19BrFN3O/c1-3-8-24(12-15-10-16(21)6-7-18(15)22)19(26)11-17-13-25-9-4-5-14(2)20(25)23-17/h3-7,9-10,13H,1,8,11-12H2,2H3. The van der Waals surface area contributed by atoms with Crippen LogP contribution in [0.5, 0.6) is 0 Å². The highest BCUT2D eigenvalue weighted by Gasteiger charge is 2.17. The second-order valence-electron chi connectivity index (χ2n) is 6.13. The first-order valence-corrected chi connectivity index (χ1v) is 9.03. The smallest absolute Gasteiger partial charge is 0.229 e. The summed E-state index contributed by atoms with van der Waals surface area (Å²) in [6, 6.07) is 8.63. The molecule has 3 rings (SSSR count). The highest BCUT2D eigenvalue weighted by Crippen LogP contribution is 2.18. The molecule has 1 amide bonds. The van der Waals surface area contributed by atoms with Crippen molar-refractivity contribution in [2.75, 3.05) is 6.54 Å². The van der Waals surface area contributed by atoms with Gasteiger partial charge in [-0.05, 0) is 36.8 Å². The van der Waals surface area contributed by atoms with Crippen LogP contribution in [-0.2, 0) is 17.8 Å². The van der Waals surface area contributed by atoms with Gasteiger partial charge in [-0.1, -0.05) is 28.1 Å². The van der Waals surface area contributed by atoms with E-state index in [2.05, 4.69) is 27.5 Å². The molecule has 0 N–H and O–H groups in total. The normalized spacial score (nSPS) is 10.9. The number of amides is 1. The number of hydrogen-bond acceptors (Lipinski definition) is 2. The van der Waals surface area contributed by atoms with E-state index in [0.717, 1.165) is 15.7 Å². The molecule has 0 spiro atoms.